The summed E-state index contributed by atoms with van der Waals surface area (Å²) in [5.41, 5.74) is 0.836. The van der Waals surface area contributed by atoms with E-state index in [0.29, 0.717) is 13.2 Å². The largest absolute Gasteiger partial charge is 0.507 e. The van der Waals surface area contributed by atoms with Crippen LogP contribution in [0.1, 0.15) is 22.8 Å². The Morgan fingerprint density at radius 3 is 2.50 bits per heavy atom. The Labute approximate surface area is 156 Å². The first-order valence-electron chi connectivity index (χ1n) is 8.02. The molecule has 0 saturated carbocycles. The second-order valence-corrected chi connectivity index (χ2v) is 6.00. The number of halogens is 1. The number of aromatic hydroxyl groups is 1. The Balaban J connectivity index is 1.88. The lowest BCUT2D eigenvalue weighted by atomic mass is 10.2. The van der Waals surface area contributed by atoms with Crippen molar-refractivity contribution in [3.63, 3.8) is 0 Å². The molecule has 0 unspecified atom stereocenters. The molecule has 2 aromatic carbocycles. The van der Waals surface area contributed by atoms with Crippen LogP contribution in [-0.2, 0) is 16.1 Å². The molecule has 0 bridgehead atoms. The van der Waals surface area contributed by atoms with Crippen molar-refractivity contribution in [2.24, 2.45) is 0 Å². The fourth-order valence-corrected chi connectivity index (χ4v) is 2.38. The van der Waals surface area contributed by atoms with Gasteiger partial charge in [0.15, 0.2) is 6.61 Å². The zero-order chi connectivity index (χ0) is 19.1. The number of nitrogens with zero attached hydrogens (tertiary/aromatic N) is 1. The number of hydrogen-bond acceptors (Lipinski definition) is 5. The van der Waals surface area contributed by atoms with Crippen LogP contribution >= 0.6 is 11.6 Å². The van der Waals surface area contributed by atoms with Gasteiger partial charge in [-0.25, -0.2) is 4.79 Å². The summed E-state index contributed by atoms with van der Waals surface area (Å²) in [7, 11) is 1.61. The molecule has 2 aromatic rings. The van der Waals surface area contributed by atoms with E-state index in [9.17, 15) is 14.7 Å². The quantitative estimate of drug-likeness (QED) is 0.749. The lowest BCUT2D eigenvalue weighted by Gasteiger charge is -2.17. The number of ether oxygens (including phenoxy) is 2. The van der Waals surface area contributed by atoms with Crippen molar-refractivity contribution >= 4 is 23.5 Å². The van der Waals surface area contributed by atoms with Gasteiger partial charge in [0.25, 0.3) is 5.91 Å². The zero-order valence-electron chi connectivity index (χ0n) is 14.6. The van der Waals surface area contributed by atoms with Crippen LogP contribution in [0.2, 0.25) is 5.02 Å². The van der Waals surface area contributed by atoms with Crippen LogP contribution in [0, 0.1) is 0 Å². The smallest absolute Gasteiger partial charge is 0.342 e. The predicted octanol–water partition coefficient (Wildman–Crippen LogP) is 3.26. The number of hydrogen-bond donors (Lipinski definition) is 1. The van der Waals surface area contributed by atoms with E-state index in [1.165, 1.54) is 23.1 Å². The van der Waals surface area contributed by atoms with Gasteiger partial charge in [0.05, 0.1) is 6.61 Å². The fraction of sp³-hybridized carbons (Fsp3) is 0.263. The number of carbonyl (C=O) groups is 2. The number of benzene rings is 2. The van der Waals surface area contributed by atoms with Gasteiger partial charge in [0, 0.05) is 18.6 Å². The van der Waals surface area contributed by atoms with E-state index in [0.717, 1.165) is 11.3 Å². The molecular weight excluding hydrogens is 358 g/mol. The second kappa shape index (κ2) is 9.10. The van der Waals surface area contributed by atoms with Crippen molar-refractivity contribution < 1.29 is 24.2 Å². The molecule has 2 rings (SSSR count). The highest BCUT2D eigenvalue weighted by atomic mass is 35.5. The van der Waals surface area contributed by atoms with Crippen LogP contribution < -0.4 is 4.74 Å². The summed E-state index contributed by atoms with van der Waals surface area (Å²) in [5, 5.41) is 9.96. The van der Waals surface area contributed by atoms with Gasteiger partial charge in [-0.05, 0) is 42.8 Å². The van der Waals surface area contributed by atoms with Gasteiger partial charge in [-0.15, -0.1) is 0 Å². The van der Waals surface area contributed by atoms with E-state index in [1.54, 1.807) is 7.05 Å². The summed E-state index contributed by atoms with van der Waals surface area (Å²) in [6, 6.07) is 11.4. The van der Waals surface area contributed by atoms with E-state index in [1.807, 2.05) is 31.2 Å². The fourth-order valence-electron chi connectivity index (χ4n) is 2.21. The molecule has 6 nitrogen and oxygen atoms in total. The summed E-state index contributed by atoms with van der Waals surface area (Å²) in [5.74, 6) is -0.670. The standard InChI is InChI=1S/C19H20ClNO5/c1-3-25-15-7-4-13(5-8-15)11-21(2)18(23)12-26-19(24)16-10-14(20)6-9-17(16)22/h4-10,22H,3,11-12H2,1-2H3. The topological polar surface area (TPSA) is 76.1 Å². The molecule has 1 N–H and O–H groups in total. The molecule has 138 valence electrons. The van der Waals surface area contributed by atoms with Crippen LogP contribution in [0.15, 0.2) is 42.5 Å². The summed E-state index contributed by atoms with van der Waals surface area (Å²) in [4.78, 5) is 25.6. The van der Waals surface area contributed by atoms with Crippen molar-refractivity contribution in [2.45, 2.75) is 13.5 Å². The summed E-state index contributed by atoms with van der Waals surface area (Å²) >= 11 is 5.79. The molecule has 0 aromatic heterocycles. The van der Waals surface area contributed by atoms with Crippen molar-refractivity contribution in [3.8, 4) is 11.5 Å². The van der Waals surface area contributed by atoms with Crippen LogP contribution in [0.5, 0.6) is 11.5 Å². The highest BCUT2D eigenvalue weighted by molar-refractivity contribution is 6.31. The molecule has 1 amide bonds. The third-order valence-electron chi connectivity index (χ3n) is 3.59. The van der Waals surface area contributed by atoms with E-state index < -0.39 is 12.6 Å². The molecule has 0 aliphatic rings. The number of carbonyl (C=O) groups excluding carboxylic acids is 2. The third kappa shape index (κ3) is 5.39. The number of esters is 1. The molecule has 26 heavy (non-hydrogen) atoms. The van der Waals surface area contributed by atoms with Gasteiger partial charge in [-0.1, -0.05) is 23.7 Å². The van der Waals surface area contributed by atoms with Gasteiger partial charge in [-0.3, -0.25) is 4.79 Å². The van der Waals surface area contributed by atoms with Crippen molar-refractivity contribution in [3.05, 3.63) is 58.6 Å². The van der Waals surface area contributed by atoms with E-state index in [-0.39, 0.29) is 22.2 Å². The Kier molecular flexibility index (Phi) is 6.86. The van der Waals surface area contributed by atoms with Crippen LogP contribution in [0.4, 0.5) is 0 Å². The van der Waals surface area contributed by atoms with Crippen LogP contribution in [0.3, 0.4) is 0 Å². The lowest BCUT2D eigenvalue weighted by molar-refractivity contribution is -0.133. The average Bonchev–Trinajstić information content (AvgIpc) is 2.63. The Morgan fingerprint density at radius 1 is 1.15 bits per heavy atom. The summed E-state index contributed by atoms with van der Waals surface area (Å²) in [6.45, 7) is 2.43. The number of phenols is 1. The maximum Gasteiger partial charge on any atom is 0.342 e. The van der Waals surface area contributed by atoms with Gasteiger partial charge in [0.2, 0.25) is 0 Å². The Bertz CT molecular complexity index is 776. The minimum atomic E-state index is -0.812. The second-order valence-electron chi connectivity index (χ2n) is 5.56. The SMILES string of the molecule is CCOc1ccc(CN(C)C(=O)COC(=O)c2cc(Cl)ccc2O)cc1. The molecule has 0 fully saturated rings. The molecule has 7 heteroatoms. The number of likely N-dealkylation sites (N-methyl/N-ethyl adjacent to an activating group) is 1. The Hall–Kier alpha value is -2.73. The number of rotatable bonds is 7. The maximum atomic E-state index is 12.1. The molecule has 0 spiro atoms. The molecule has 0 atom stereocenters. The summed E-state index contributed by atoms with van der Waals surface area (Å²) in [6.07, 6.45) is 0. The van der Waals surface area contributed by atoms with Crippen molar-refractivity contribution in [1.29, 1.82) is 0 Å². The highest BCUT2D eigenvalue weighted by Gasteiger charge is 2.17. The predicted molar refractivity (Wildman–Crippen MR) is 97.5 cm³/mol. The van der Waals surface area contributed by atoms with Crippen LogP contribution in [-0.4, -0.2) is 42.1 Å². The zero-order valence-corrected chi connectivity index (χ0v) is 15.3. The maximum absolute atomic E-state index is 12.1. The average molecular weight is 378 g/mol. The number of phenolic OH excluding ortho intramolecular Hbond substituents is 1. The van der Waals surface area contributed by atoms with Gasteiger partial charge >= 0.3 is 5.97 Å². The first-order chi connectivity index (χ1) is 12.4. The lowest BCUT2D eigenvalue weighted by Crippen LogP contribution is -2.30. The highest BCUT2D eigenvalue weighted by Crippen LogP contribution is 2.22. The third-order valence-corrected chi connectivity index (χ3v) is 3.82. The first-order valence-corrected chi connectivity index (χ1v) is 8.40. The minimum absolute atomic E-state index is 0.0838. The molecule has 0 aliphatic carbocycles. The monoisotopic (exact) mass is 377 g/mol. The molecular formula is C19H20ClNO5. The van der Waals surface area contributed by atoms with E-state index in [2.05, 4.69) is 0 Å². The molecule has 0 heterocycles. The Morgan fingerprint density at radius 2 is 1.85 bits per heavy atom. The molecule has 0 aliphatic heterocycles. The normalized spacial score (nSPS) is 10.3. The van der Waals surface area contributed by atoms with Gasteiger partial charge < -0.3 is 19.5 Å². The first kappa shape index (κ1) is 19.6. The van der Waals surface area contributed by atoms with Crippen LogP contribution in [0.25, 0.3) is 0 Å². The minimum Gasteiger partial charge on any atom is -0.507 e. The van der Waals surface area contributed by atoms with Gasteiger partial charge in [0.1, 0.15) is 17.1 Å². The van der Waals surface area contributed by atoms with E-state index in [4.69, 9.17) is 21.1 Å². The number of amides is 1. The van der Waals surface area contributed by atoms with Gasteiger partial charge in [-0.2, -0.15) is 0 Å². The van der Waals surface area contributed by atoms with Crippen molar-refractivity contribution in [2.75, 3.05) is 20.3 Å². The van der Waals surface area contributed by atoms with Crippen molar-refractivity contribution in [1.82, 2.24) is 4.90 Å². The summed E-state index contributed by atoms with van der Waals surface area (Å²) < 4.78 is 10.3. The molecule has 0 radical (unpaired) electrons. The molecule has 0 saturated heterocycles. The van der Waals surface area contributed by atoms with E-state index >= 15 is 0 Å².